The van der Waals surface area contributed by atoms with E-state index in [1.807, 2.05) is 11.9 Å². The number of likely N-dealkylation sites (N-methyl/N-ethyl adjacent to an activating group) is 1. The van der Waals surface area contributed by atoms with Gasteiger partial charge in [-0.15, -0.1) is 0 Å². The predicted molar refractivity (Wildman–Crippen MR) is 118 cm³/mol. The molecular weight excluding hydrogens is 461 g/mol. The highest BCUT2D eigenvalue weighted by molar-refractivity contribution is 7.46. The number of halogens is 1. The lowest BCUT2D eigenvalue weighted by Gasteiger charge is -2.34. The van der Waals surface area contributed by atoms with Crippen molar-refractivity contribution in [3.63, 3.8) is 0 Å². The molecular formula is C21H21ClNO8P. The van der Waals surface area contributed by atoms with Crippen LogP contribution in [0, 0.1) is 0 Å². The van der Waals surface area contributed by atoms with Crippen molar-refractivity contribution in [2.75, 3.05) is 20.1 Å². The predicted octanol–water partition coefficient (Wildman–Crippen LogP) is 3.07. The van der Waals surface area contributed by atoms with Crippen LogP contribution in [0.1, 0.15) is 19.3 Å². The van der Waals surface area contributed by atoms with Crippen molar-refractivity contribution in [1.29, 1.82) is 0 Å². The first-order valence-electron chi connectivity index (χ1n) is 10.2. The minimum absolute atomic E-state index is 0.0111. The highest BCUT2D eigenvalue weighted by Gasteiger charge is 2.35. The minimum atomic E-state index is -5.06. The van der Waals surface area contributed by atoms with E-state index in [-0.39, 0.29) is 45.5 Å². The Morgan fingerprint density at radius 1 is 1.34 bits per heavy atom. The number of hydrogen-bond donors (Lipinski definition) is 4. The normalized spacial score (nSPS) is 20.3. The van der Waals surface area contributed by atoms with E-state index in [1.54, 1.807) is 0 Å². The van der Waals surface area contributed by atoms with Gasteiger partial charge in [0, 0.05) is 35.7 Å². The lowest BCUT2D eigenvalue weighted by molar-refractivity contribution is 0.0632. The van der Waals surface area contributed by atoms with E-state index in [1.165, 1.54) is 18.2 Å². The van der Waals surface area contributed by atoms with Crippen LogP contribution in [0.25, 0.3) is 22.3 Å². The fraction of sp³-hybridized carbons (Fsp3) is 0.286. The van der Waals surface area contributed by atoms with Crippen LogP contribution in [-0.4, -0.2) is 51.1 Å². The van der Waals surface area contributed by atoms with Gasteiger partial charge in [-0.25, -0.2) is 4.57 Å². The number of benzene rings is 2. The first-order chi connectivity index (χ1) is 15.4. The Morgan fingerprint density at radius 3 is 2.78 bits per heavy atom. The molecule has 1 aliphatic heterocycles. The summed E-state index contributed by atoms with van der Waals surface area (Å²) >= 11 is 6.24. The van der Waals surface area contributed by atoms with Crippen LogP contribution in [0.4, 0.5) is 0 Å². The molecule has 0 amide bonds. The molecule has 3 aromatic rings. The molecule has 2 heterocycles. The van der Waals surface area contributed by atoms with Gasteiger partial charge in [-0.2, -0.15) is 0 Å². The molecule has 32 heavy (non-hydrogen) atoms. The Bertz CT molecular complexity index is 1340. The van der Waals surface area contributed by atoms with Gasteiger partial charge in [-0.3, -0.25) is 14.6 Å². The van der Waals surface area contributed by atoms with Crippen molar-refractivity contribution in [1.82, 2.24) is 4.90 Å². The van der Waals surface area contributed by atoms with E-state index < -0.39 is 36.8 Å². The van der Waals surface area contributed by atoms with Gasteiger partial charge in [-0.1, -0.05) is 23.7 Å². The number of hydrogen-bond acceptors (Lipinski definition) is 7. The molecule has 2 unspecified atom stereocenters. The molecule has 170 valence electrons. The molecule has 1 saturated heterocycles. The number of phosphoric ester groups is 1. The zero-order valence-electron chi connectivity index (χ0n) is 17.9. The summed E-state index contributed by atoms with van der Waals surface area (Å²) in [4.78, 5) is 33.7. The number of rotatable bonds is 4. The van der Waals surface area contributed by atoms with Crippen LogP contribution >= 0.6 is 19.4 Å². The van der Waals surface area contributed by atoms with Crippen molar-refractivity contribution >= 4 is 30.4 Å². The number of phenols is 1. The fourth-order valence-corrected chi connectivity index (χ4v) is 4.64. The number of nitrogens with zero attached hydrogens (tertiary/aromatic N) is 1. The Balaban J connectivity index is 2.06. The lowest BCUT2D eigenvalue weighted by atomic mass is 9.85. The van der Waals surface area contributed by atoms with E-state index in [9.17, 15) is 29.4 Å². The molecule has 2 aromatic carbocycles. The number of fused-ring (bicyclic) bond motifs is 1. The van der Waals surface area contributed by atoms with Crippen molar-refractivity contribution in [3.8, 4) is 22.8 Å². The zero-order chi connectivity index (χ0) is 24.1. The number of phenolic OH excluding ortho intramolecular Hbond substituents is 1. The summed E-state index contributed by atoms with van der Waals surface area (Å²) in [5, 5.41) is 21.2. The number of aliphatic hydroxyl groups is 1. The van der Waals surface area contributed by atoms with Crippen LogP contribution in [0.2, 0.25) is 5.02 Å². The minimum Gasteiger partial charge on any atom is -0.507 e. The van der Waals surface area contributed by atoms with Crippen molar-refractivity contribution in [2.45, 2.75) is 18.4 Å². The van der Waals surface area contributed by atoms with Crippen molar-refractivity contribution < 1.29 is 34.9 Å². The van der Waals surface area contributed by atoms with Gasteiger partial charge in [0.1, 0.15) is 28.2 Å². The largest absolute Gasteiger partial charge is 0.524 e. The summed E-state index contributed by atoms with van der Waals surface area (Å²) in [5.74, 6) is -1.71. The third-order valence-electron chi connectivity index (χ3n) is 5.43. The molecule has 0 aliphatic carbocycles. The SMILES string of the molecule is [2H]c1ccc(Cl)c(-c2cc(=O)c3c(O)cc(OP(=O)(O)O)c(C4CCN(C)CC4O)c3o2)c1. The summed E-state index contributed by atoms with van der Waals surface area (Å²) in [6.45, 7) is 0.815. The van der Waals surface area contributed by atoms with Crippen LogP contribution in [0.15, 0.2) is 45.6 Å². The third-order valence-corrected chi connectivity index (χ3v) is 6.20. The van der Waals surface area contributed by atoms with E-state index in [4.69, 9.17) is 21.9 Å². The lowest BCUT2D eigenvalue weighted by Crippen LogP contribution is -2.40. The second-order valence-electron chi connectivity index (χ2n) is 7.70. The molecule has 2 atom stereocenters. The van der Waals surface area contributed by atoms with Crippen molar-refractivity contribution in [2.24, 2.45) is 0 Å². The van der Waals surface area contributed by atoms with Crippen LogP contribution in [0.5, 0.6) is 11.5 Å². The molecule has 1 aliphatic rings. The topological polar surface area (TPSA) is 141 Å². The number of aliphatic hydroxyl groups excluding tert-OH is 1. The molecule has 1 aromatic heterocycles. The van der Waals surface area contributed by atoms with E-state index in [0.29, 0.717) is 13.0 Å². The summed E-state index contributed by atoms with van der Waals surface area (Å²) in [7, 11) is -3.25. The molecule has 4 N–H and O–H groups in total. The maximum Gasteiger partial charge on any atom is 0.524 e. The highest BCUT2D eigenvalue weighted by Crippen LogP contribution is 2.48. The maximum atomic E-state index is 13.0. The van der Waals surface area contributed by atoms with Gasteiger partial charge >= 0.3 is 7.82 Å². The molecule has 1 fully saturated rings. The average molecular weight is 483 g/mol. The summed E-state index contributed by atoms with van der Waals surface area (Å²) in [6.07, 6.45) is -0.601. The number of piperidine rings is 1. The van der Waals surface area contributed by atoms with E-state index >= 15 is 0 Å². The Hall–Kier alpha value is -2.39. The number of aromatic hydroxyl groups is 1. The monoisotopic (exact) mass is 482 g/mol. The number of likely N-dealkylation sites (tertiary alicyclic amines) is 1. The fourth-order valence-electron chi connectivity index (χ4n) is 4.03. The molecule has 9 nitrogen and oxygen atoms in total. The molecule has 0 spiro atoms. The van der Waals surface area contributed by atoms with Gasteiger partial charge in [0.25, 0.3) is 0 Å². The maximum absolute atomic E-state index is 13.0. The van der Waals surface area contributed by atoms with Gasteiger partial charge in [0.2, 0.25) is 0 Å². The van der Waals surface area contributed by atoms with Gasteiger partial charge in [-0.05, 0) is 32.1 Å². The summed E-state index contributed by atoms with van der Waals surface area (Å²) in [6, 6.07) is 6.49. The summed E-state index contributed by atoms with van der Waals surface area (Å²) < 4.78 is 30.3. The molecule has 0 saturated carbocycles. The number of phosphoric acid groups is 1. The van der Waals surface area contributed by atoms with Crippen LogP contribution in [-0.2, 0) is 4.57 Å². The smallest absolute Gasteiger partial charge is 0.507 e. The first-order valence-corrected chi connectivity index (χ1v) is 11.6. The molecule has 0 bridgehead atoms. The van der Waals surface area contributed by atoms with Crippen LogP contribution < -0.4 is 9.95 Å². The van der Waals surface area contributed by atoms with Crippen LogP contribution in [0.3, 0.4) is 0 Å². The first kappa shape index (κ1) is 21.5. The second kappa shape index (κ2) is 8.51. The zero-order valence-corrected chi connectivity index (χ0v) is 18.5. The molecule has 11 heteroatoms. The standard InChI is InChI=1S/C21H21ClNO8P/c1-23-7-6-12(16(26)10-23)19-18(31-32(27,28)29)9-15(25)20-14(24)8-17(30-21(19)20)11-4-2-3-5-13(11)22/h2-5,8-9,12,16,25-26H,6-7,10H2,1H3,(H2,27,28,29)/i2D. The highest BCUT2D eigenvalue weighted by atomic mass is 35.5. The van der Waals surface area contributed by atoms with Gasteiger partial charge in [0.05, 0.1) is 12.5 Å². The average Bonchev–Trinajstić information content (AvgIpc) is 2.69. The van der Waals surface area contributed by atoms with Gasteiger partial charge in [0.15, 0.2) is 5.43 Å². The second-order valence-corrected chi connectivity index (χ2v) is 9.27. The van der Waals surface area contributed by atoms with Crippen molar-refractivity contribution in [3.05, 3.63) is 57.2 Å². The molecule has 0 radical (unpaired) electrons. The van der Waals surface area contributed by atoms with Gasteiger partial charge < -0.3 is 24.1 Å². The summed E-state index contributed by atoms with van der Waals surface area (Å²) in [5.41, 5.74) is -0.509. The number of β-amino-alcohol motifs (C(OH)–C–C–N with tert-alkyl or cyclic N) is 1. The van der Waals surface area contributed by atoms with E-state index in [0.717, 1.165) is 12.1 Å². The Labute approximate surface area is 189 Å². The molecule has 4 rings (SSSR count). The van der Waals surface area contributed by atoms with E-state index in [2.05, 4.69) is 0 Å². The Morgan fingerprint density at radius 2 is 2.09 bits per heavy atom. The third kappa shape index (κ3) is 4.41. The quantitative estimate of drug-likeness (QED) is 0.413. The Kier molecular flexibility index (Phi) is 5.71.